The molecule has 1 aromatic rings. The molecule has 0 aliphatic carbocycles. The summed E-state index contributed by atoms with van der Waals surface area (Å²) in [5.74, 6) is -2.33. The van der Waals surface area contributed by atoms with Crippen molar-refractivity contribution in [2.75, 3.05) is 7.11 Å². The highest BCUT2D eigenvalue weighted by molar-refractivity contribution is 5.89. The molecule has 1 heterocycles. The average molecular weight is 234 g/mol. The molecule has 0 aliphatic heterocycles. The lowest BCUT2D eigenvalue weighted by Crippen LogP contribution is -2.14. The van der Waals surface area contributed by atoms with Crippen LogP contribution in [-0.4, -0.2) is 18.1 Å². The van der Waals surface area contributed by atoms with Gasteiger partial charge in [-0.1, -0.05) is 0 Å². The maximum atomic E-state index is 13.5. The third-order valence-corrected chi connectivity index (χ3v) is 1.94. The van der Waals surface area contributed by atoms with Crippen LogP contribution in [0.25, 0.3) is 0 Å². The van der Waals surface area contributed by atoms with Crippen molar-refractivity contribution in [1.82, 2.24) is 4.98 Å². The van der Waals surface area contributed by atoms with E-state index < -0.39 is 29.5 Å². The number of hydrogen-bond donors (Lipinski definition) is 1. The van der Waals surface area contributed by atoms with Crippen LogP contribution in [0.2, 0.25) is 0 Å². The number of carbonyl (C=O) groups excluding carboxylic acids is 1. The third kappa shape index (κ3) is 2.13. The molecule has 0 unspecified atom stereocenters. The van der Waals surface area contributed by atoms with Crippen molar-refractivity contribution >= 4 is 5.97 Å². The summed E-state index contributed by atoms with van der Waals surface area (Å²) in [5.41, 5.74) is 3.16. The lowest BCUT2D eigenvalue weighted by molar-refractivity contribution is 0.0579. The number of pyridine rings is 1. The maximum absolute atomic E-state index is 13.5. The Kier molecular flexibility index (Phi) is 3.83. The monoisotopic (exact) mass is 234 g/mol. The Balaban J connectivity index is 3.40. The highest BCUT2D eigenvalue weighted by atomic mass is 19.3. The van der Waals surface area contributed by atoms with E-state index in [9.17, 15) is 18.0 Å². The standard InChI is InChI=1S/C9H9F3N2O2/c1-16-9(15)7-5(8(11)12)6(10)4(2-13)3-14-7/h3,8H,2,13H2,1H3. The molecule has 2 N–H and O–H groups in total. The molecule has 7 heteroatoms. The Morgan fingerprint density at radius 2 is 2.25 bits per heavy atom. The van der Waals surface area contributed by atoms with Gasteiger partial charge >= 0.3 is 5.97 Å². The van der Waals surface area contributed by atoms with E-state index in [0.29, 0.717) is 0 Å². The molecular weight excluding hydrogens is 225 g/mol. The van der Waals surface area contributed by atoms with Crippen LogP contribution in [0, 0.1) is 5.82 Å². The van der Waals surface area contributed by atoms with Crippen LogP contribution in [0.1, 0.15) is 28.0 Å². The number of alkyl halides is 2. The van der Waals surface area contributed by atoms with Gasteiger partial charge in [0.05, 0.1) is 12.7 Å². The predicted molar refractivity (Wildman–Crippen MR) is 48.4 cm³/mol. The molecule has 0 saturated heterocycles. The first-order chi connectivity index (χ1) is 7.52. The lowest BCUT2D eigenvalue weighted by atomic mass is 10.1. The minimum Gasteiger partial charge on any atom is -0.464 e. The maximum Gasteiger partial charge on any atom is 0.357 e. The molecule has 0 fully saturated rings. The fourth-order valence-electron chi connectivity index (χ4n) is 1.15. The molecule has 0 aliphatic rings. The summed E-state index contributed by atoms with van der Waals surface area (Å²) in [6.45, 7) is -0.278. The second kappa shape index (κ2) is 4.93. The number of hydrogen-bond acceptors (Lipinski definition) is 4. The number of nitrogens with two attached hydrogens (primary N) is 1. The number of methoxy groups -OCH3 is 1. The molecule has 4 nitrogen and oxygen atoms in total. The van der Waals surface area contributed by atoms with Crippen LogP contribution in [0.5, 0.6) is 0 Å². The minimum absolute atomic E-state index is 0.178. The van der Waals surface area contributed by atoms with Crippen molar-refractivity contribution in [3.05, 3.63) is 28.8 Å². The van der Waals surface area contributed by atoms with Gasteiger partial charge in [-0.3, -0.25) is 0 Å². The Hall–Kier alpha value is -1.63. The molecule has 0 saturated carbocycles. The predicted octanol–water partition coefficient (Wildman–Crippen LogP) is 1.40. The van der Waals surface area contributed by atoms with E-state index in [-0.39, 0.29) is 12.1 Å². The quantitative estimate of drug-likeness (QED) is 0.803. The Labute approximate surface area is 89.2 Å². The molecule has 0 bridgehead atoms. The smallest absolute Gasteiger partial charge is 0.357 e. The molecule has 0 aromatic carbocycles. The molecular formula is C9H9F3N2O2. The van der Waals surface area contributed by atoms with Gasteiger partial charge in [0.15, 0.2) is 5.69 Å². The van der Waals surface area contributed by atoms with E-state index >= 15 is 0 Å². The Morgan fingerprint density at radius 1 is 1.62 bits per heavy atom. The largest absolute Gasteiger partial charge is 0.464 e. The van der Waals surface area contributed by atoms with Crippen molar-refractivity contribution in [2.45, 2.75) is 13.0 Å². The first kappa shape index (κ1) is 12.4. The zero-order chi connectivity index (χ0) is 12.3. The molecule has 0 radical (unpaired) electrons. The zero-order valence-corrected chi connectivity index (χ0v) is 8.34. The summed E-state index contributed by atoms with van der Waals surface area (Å²) in [6, 6.07) is 0. The first-order valence-electron chi connectivity index (χ1n) is 4.26. The van der Waals surface area contributed by atoms with E-state index in [1.165, 1.54) is 0 Å². The van der Waals surface area contributed by atoms with Crippen LogP contribution in [0.15, 0.2) is 6.20 Å². The fraction of sp³-hybridized carbons (Fsp3) is 0.333. The summed E-state index contributed by atoms with van der Waals surface area (Å²) < 4.78 is 42.8. The number of ether oxygens (including phenoxy) is 1. The number of nitrogens with zero attached hydrogens (tertiary/aromatic N) is 1. The van der Waals surface area contributed by atoms with Crippen molar-refractivity contribution in [1.29, 1.82) is 0 Å². The average Bonchev–Trinajstić information content (AvgIpc) is 2.26. The van der Waals surface area contributed by atoms with Crippen LogP contribution >= 0.6 is 0 Å². The van der Waals surface area contributed by atoms with E-state index in [4.69, 9.17) is 5.73 Å². The van der Waals surface area contributed by atoms with Gasteiger partial charge < -0.3 is 10.5 Å². The summed E-state index contributed by atoms with van der Waals surface area (Å²) >= 11 is 0. The van der Waals surface area contributed by atoms with Crippen molar-refractivity contribution < 1.29 is 22.7 Å². The third-order valence-electron chi connectivity index (χ3n) is 1.94. The van der Waals surface area contributed by atoms with Crippen molar-refractivity contribution in [3.63, 3.8) is 0 Å². The van der Waals surface area contributed by atoms with Gasteiger partial charge in [-0.05, 0) is 0 Å². The van der Waals surface area contributed by atoms with Crippen LogP contribution in [-0.2, 0) is 11.3 Å². The van der Waals surface area contributed by atoms with Crippen LogP contribution < -0.4 is 5.73 Å². The number of esters is 1. The zero-order valence-electron chi connectivity index (χ0n) is 8.34. The molecule has 88 valence electrons. The second-order valence-corrected chi connectivity index (χ2v) is 2.86. The van der Waals surface area contributed by atoms with Crippen molar-refractivity contribution in [3.8, 4) is 0 Å². The number of aromatic nitrogens is 1. The molecule has 0 amide bonds. The molecule has 1 aromatic heterocycles. The topological polar surface area (TPSA) is 65.2 Å². The highest BCUT2D eigenvalue weighted by Gasteiger charge is 2.26. The summed E-state index contributed by atoms with van der Waals surface area (Å²) in [6.07, 6.45) is -2.22. The number of rotatable bonds is 3. The fourth-order valence-corrected chi connectivity index (χ4v) is 1.15. The van der Waals surface area contributed by atoms with E-state index in [1.807, 2.05) is 0 Å². The molecule has 0 spiro atoms. The Morgan fingerprint density at radius 3 is 2.69 bits per heavy atom. The SMILES string of the molecule is COC(=O)c1ncc(CN)c(F)c1C(F)F. The van der Waals surface area contributed by atoms with Gasteiger partial charge in [-0.25, -0.2) is 22.9 Å². The van der Waals surface area contributed by atoms with Crippen molar-refractivity contribution in [2.24, 2.45) is 5.73 Å². The number of carbonyl (C=O) groups is 1. The van der Waals surface area contributed by atoms with E-state index in [0.717, 1.165) is 13.3 Å². The van der Waals surface area contributed by atoms with Gasteiger partial charge in [0.2, 0.25) is 0 Å². The van der Waals surface area contributed by atoms with Gasteiger partial charge in [0.25, 0.3) is 6.43 Å². The highest BCUT2D eigenvalue weighted by Crippen LogP contribution is 2.26. The molecule has 16 heavy (non-hydrogen) atoms. The first-order valence-corrected chi connectivity index (χ1v) is 4.26. The minimum atomic E-state index is -3.16. The van der Waals surface area contributed by atoms with Gasteiger partial charge in [0, 0.05) is 18.3 Å². The summed E-state index contributed by atoms with van der Waals surface area (Å²) in [7, 11) is 0.994. The number of halogens is 3. The van der Waals surface area contributed by atoms with Crippen LogP contribution in [0.3, 0.4) is 0 Å². The van der Waals surface area contributed by atoms with Gasteiger partial charge in [-0.15, -0.1) is 0 Å². The normalized spacial score (nSPS) is 10.6. The lowest BCUT2D eigenvalue weighted by Gasteiger charge is -2.09. The van der Waals surface area contributed by atoms with E-state index in [1.54, 1.807) is 0 Å². The van der Waals surface area contributed by atoms with Gasteiger partial charge in [-0.2, -0.15) is 0 Å². The van der Waals surface area contributed by atoms with Gasteiger partial charge in [0.1, 0.15) is 5.82 Å². The summed E-state index contributed by atoms with van der Waals surface area (Å²) in [5, 5.41) is 0. The Bertz CT molecular complexity index is 410. The molecule has 1 rings (SSSR count). The van der Waals surface area contributed by atoms with E-state index in [2.05, 4.69) is 9.72 Å². The van der Waals surface area contributed by atoms with Crippen LogP contribution in [0.4, 0.5) is 13.2 Å². The molecule has 0 atom stereocenters. The second-order valence-electron chi connectivity index (χ2n) is 2.86. The summed E-state index contributed by atoms with van der Waals surface area (Å²) in [4.78, 5) is 14.5.